The van der Waals surface area contributed by atoms with Gasteiger partial charge in [0, 0.05) is 50.5 Å². The summed E-state index contributed by atoms with van der Waals surface area (Å²) in [5, 5.41) is 37.2. The molecule has 19 nitrogen and oxygen atoms in total. The van der Waals surface area contributed by atoms with Crippen molar-refractivity contribution in [3.05, 3.63) is 259 Å². The zero-order valence-electron chi connectivity index (χ0n) is 94.1. The first kappa shape index (κ1) is 126. The number of ether oxygens (including phenoxy) is 9. The summed E-state index contributed by atoms with van der Waals surface area (Å²) in [5.41, 5.74) is 15.7. The second kappa shape index (κ2) is 50.7. The molecule has 7 aliphatic heterocycles. The van der Waals surface area contributed by atoms with E-state index in [9.17, 15) is 19.2 Å². The average Bonchev–Trinajstić information content (AvgIpc) is 0.754. The number of hydrogen-bond donors (Lipinski definition) is 6. The molecule has 6 N–H and O–H groups in total. The van der Waals surface area contributed by atoms with E-state index in [-0.39, 0.29) is 99.9 Å². The number of esters is 2. The second-order valence-electron chi connectivity index (χ2n) is 47.1. The number of fused-ring (bicyclic) bond motifs is 7. The summed E-state index contributed by atoms with van der Waals surface area (Å²) in [6.07, 6.45) is 28.3. The first-order chi connectivity index (χ1) is 68.3. The van der Waals surface area contributed by atoms with Gasteiger partial charge in [-0.1, -0.05) is 198 Å². The monoisotopic (exact) mass is 2260 g/mol. The summed E-state index contributed by atoms with van der Waals surface area (Å²) in [7, 11) is 1.00. The number of rotatable bonds is 8. The van der Waals surface area contributed by atoms with Gasteiger partial charge in [0.05, 0.1) is 54.3 Å². The number of carbonyl (C=O) groups excluding carboxylic acids is 2. The summed E-state index contributed by atoms with van der Waals surface area (Å²) in [5.74, 6) is 14.7. The largest absolute Gasteiger partial charge is 0.870 e. The van der Waals surface area contributed by atoms with E-state index in [1.807, 2.05) is 70.2 Å². The van der Waals surface area contributed by atoms with Crippen LogP contribution in [0.5, 0.6) is 51.7 Å². The quantitative estimate of drug-likeness (QED) is 0.0120. The SMILES string of the molecule is C#Cc1cc(C(=O)O)cc2c1OC(C)(C)CC2(C)C.C#Cc1cc(C(=O)Oc2ccc(CC(=O)O)cc2)cc2c1OC(C)(C)CC2(C)C.C#Cc1cc(C(=O)Oc2ccc(CC)cc2)cc2c1OC(C)(C)CC2(C)C.CC1(C)CC(C)(C)c2cc(Br)ccc2O1.CO.CS.Cc1cc(I)c2c(c1)C(C)(C)CC(C)(C)O2.Cc1ccc2c(c1)C(C)(C)CC(C)(C)O2.ClCCl.OO.[3H]C#Cc1cc(C)cc2c1OC(C)(C)CC2(C)C.[OH-]. The van der Waals surface area contributed by atoms with E-state index in [4.69, 9.17) is 112 Å². The van der Waals surface area contributed by atoms with Crippen LogP contribution in [0.2, 0.25) is 0 Å². The fourth-order valence-corrected chi connectivity index (χ4v) is 23.2. The van der Waals surface area contributed by atoms with Crippen molar-refractivity contribution in [3.8, 4) is 101 Å². The number of aliphatic hydroxyl groups excluding tert-OH is 1. The molecule has 0 saturated heterocycles. The van der Waals surface area contributed by atoms with Crippen molar-refractivity contribution in [1.82, 2.24) is 0 Å². The minimum Gasteiger partial charge on any atom is -0.870 e. The highest BCUT2D eigenvalue weighted by atomic mass is 127. The smallest absolute Gasteiger partial charge is 0.343 e. The standard InChI is InChI=1S/C24H24O5.C24H26O3.C16H18O3.C16H20O.C14H19IO.C14H20O.C13H17BrO.CH2Cl2.CH4O.CH4S.H2O2.H2O/c1-6-16-12-17(13-19-21(16)29-24(4,5)14-23(19,2)3)22(27)28-18-9-7-15(8-10-18)11-20(25)26;1-7-16-9-11-19(12-10-16)26-22(25)18-13-17(8-2)21-20(14-18)23(3,4)15-24(5,6)27-21;1-6-10-7-11(14(17)18)8-12-13(10)19-16(4,5)9-15(12,2)3;1-7-12-8-11(2)9-13-14(12)17-16(5,6)10-15(13,3)4;1-9-6-10-12(11(15)7-9)16-14(4,5)8-13(10,2)3;1-10-6-7-12-11(8-10)13(2,3)9-14(4,5)15-12;1-12(2)8-13(3,4)15-11-6-5-9(14)7-10(11)12;2-1-3;3*1-2;/h1,7-10,12-13H,11,14H2,2-5H3,(H,25,26);2,9-14H,7,15H2,1,3-6H3;1,7-8H,9H2,2-5H3,(H,17,18);1,8-9H,10H2,2-6H3;6-7H,8H2,1-5H3;6-8H,9H2,1-5H3;5-7H,8H2,1-4H3;1H2;2*2H,1H3;1-2H;1H2/p-1/i;;;1T;;;;;;;;. The average molecular weight is 2260 g/mol. The molecule has 0 bridgehead atoms. The number of alkyl halides is 2. The van der Waals surface area contributed by atoms with Crippen LogP contribution < -0.4 is 42.6 Å². The van der Waals surface area contributed by atoms with Crippen LogP contribution in [0, 0.1) is 73.7 Å². The van der Waals surface area contributed by atoms with Crippen molar-refractivity contribution in [2.24, 2.45) is 0 Å². The Bertz CT molecular complexity index is 6370. The minimum atomic E-state index is -0.972. The molecule has 0 spiro atoms. The van der Waals surface area contributed by atoms with Crippen LogP contribution in [-0.4, -0.2) is 113 Å². The second-order valence-corrected chi connectivity index (χ2v) is 50.0. The molecule has 0 aromatic heterocycles. The van der Waals surface area contributed by atoms with Crippen LogP contribution >= 0.6 is 74.4 Å². The Hall–Kier alpha value is -10.3. The Labute approximate surface area is 921 Å². The van der Waals surface area contributed by atoms with Crippen LogP contribution in [0.15, 0.2) is 150 Å². The van der Waals surface area contributed by atoms with Crippen molar-refractivity contribution in [2.75, 3.05) is 18.7 Å². The molecule has 148 heavy (non-hydrogen) atoms. The Morgan fingerprint density at radius 2 is 0.655 bits per heavy atom. The van der Waals surface area contributed by atoms with Gasteiger partial charge in [-0.15, -0.1) is 48.9 Å². The lowest BCUT2D eigenvalue weighted by Crippen LogP contribution is -2.41. The lowest BCUT2D eigenvalue weighted by molar-refractivity contribution is -0.176. The van der Waals surface area contributed by atoms with Crippen LogP contribution in [0.1, 0.15) is 367 Å². The van der Waals surface area contributed by atoms with Gasteiger partial charge in [-0.25, -0.2) is 14.4 Å². The fourth-order valence-electron chi connectivity index (χ4n) is 21.9. The number of aliphatic carboxylic acids is 1. The highest BCUT2D eigenvalue weighted by Gasteiger charge is 2.48. The number of thiol groups is 1. The molecule has 16 rings (SSSR count). The van der Waals surface area contributed by atoms with Gasteiger partial charge >= 0.3 is 23.9 Å². The number of halogens is 4. The lowest BCUT2D eigenvalue weighted by Gasteiger charge is -2.43. The van der Waals surface area contributed by atoms with E-state index < -0.39 is 23.9 Å². The summed E-state index contributed by atoms with van der Waals surface area (Å²) in [6, 6.07) is 45.4. The van der Waals surface area contributed by atoms with Gasteiger partial charge in [-0.05, 0) is 355 Å². The van der Waals surface area contributed by atoms with Crippen molar-refractivity contribution < 1.29 is 94.5 Å². The number of aromatic carboxylic acids is 1. The number of benzene rings is 9. The van der Waals surface area contributed by atoms with E-state index in [1.165, 1.54) is 54.1 Å². The third kappa shape index (κ3) is 34.1. The molecule has 9 aromatic carbocycles. The first-order valence-corrected chi connectivity index (χ1v) is 53.0. The van der Waals surface area contributed by atoms with Crippen LogP contribution in [0.25, 0.3) is 0 Å². The van der Waals surface area contributed by atoms with Gasteiger partial charge in [0.25, 0.3) is 0 Å². The number of terminal acetylenes is 4. The molecule has 0 aliphatic carbocycles. The molecule has 0 saturated carbocycles. The van der Waals surface area contributed by atoms with Crippen molar-refractivity contribution >= 4 is 98.2 Å². The van der Waals surface area contributed by atoms with Gasteiger partial charge in [0.1, 0.15) is 92.3 Å². The number of aliphatic hydroxyl groups is 1. The minimum absolute atomic E-state index is 0. The first-order valence-electron chi connectivity index (χ1n) is 49.7. The zero-order valence-corrected chi connectivity index (χ0v) is 99.3. The maximum Gasteiger partial charge on any atom is 0.343 e. The van der Waals surface area contributed by atoms with Crippen molar-refractivity contribution in [1.29, 1.82) is 0 Å². The molecule has 24 heteroatoms. The van der Waals surface area contributed by atoms with Crippen LogP contribution in [0.3, 0.4) is 0 Å². The fraction of sp³-hybridized carbons (Fsp3) is 0.468. The third-order valence-corrected chi connectivity index (χ3v) is 27.3. The number of carboxylic acid groups (broad SMARTS) is 2. The molecule has 0 amide bonds. The molecule has 7 aliphatic rings. The Morgan fingerprint density at radius 1 is 0.385 bits per heavy atom. The van der Waals surface area contributed by atoms with E-state index >= 15 is 0 Å². The van der Waals surface area contributed by atoms with Gasteiger partial charge in [-0.3, -0.25) is 15.3 Å². The Kier molecular flexibility index (Phi) is 43.3. The van der Waals surface area contributed by atoms with Crippen molar-refractivity contribution in [3.63, 3.8) is 0 Å². The zero-order chi connectivity index (χ0) is 113. The maximum absolute atomic E-state index is 12.7. The van der Waals surface area contributed by atoms with E-state index in [0.717, 1.165) is 108 Å². The van der Waals surface area contributed by atoms with Gasteiger partial charge < -0.3 is 63.4 Å². The molecular formula is C124H157BrCl2IO19S-. The van der Waals surface area contributed by atoms with Gasteiger partial charge in [-0.2, -0.15) is 12.6 Å². The molecule has 0 atom stereocenters. The van der Waals surface area contributed by atoms with E-state index in [0.29, 0.717) is 62.1 Å². The highest BCUT2D eigenvalue weighted by Crippen LogP contribution is 2.54. The van der Waals surface area contributed by atoms with E-state index in [2.05, 4.69) is 324 Å². The van der Waals surface area contributed by atoms with Crippen molar-refractivity contribution in [2.45, 2.75) is 356 Å². The van der Waals surface area contributed by atoms with Gasteiger partial charge in [0.2, 0.25) is 0 Å². The third-order valence-electron chi connectivity index (χ3n) is 26.0. The Morgan fingerprint density at radius 3 is 0.980 bits per heavy atom. The maximum atomic E-state index is 12.7. The van der Waals surface area contributed by atoms with Crippen LogP contribution in [-0.2, 0) is 55.5 Å². The van der Waals surface area contributed by atoms with E-state index in [1.54, 1.807) is 54.8 Å². The number of carbonyl (C=O) groups is 4. The van der Waals surface area contributed by atoms with Gasteiger partial charge in [0.15, 0.2) is 0 Å². The lowest BCUT2D eigenvalue weighted by atomic mass is 9.72. The molecule has 0 fully saturated rings. The number of aryl methyl sites for hydroxylation is 4. The number of hydrogen-bond acceptors (Lipinski definition) is 18. The molecule has 0 unspecified atom stereocenters. The summed E-state index contributed by atoms with van der Waals surface area (Å²) in [4.78, 5) is 47.4. The predicted octanol–water partition coefficient (Wildman–Crippen LogP) is 30.6. The predicted molar refractivity (Wildman–Crippen MR) is 615 cm³/mol. The molecule has 7 heterocycles. The summed E-state index contributed by atoms with van der Waals surface area (Å²) in [6.45, 7) is 68.8. The Balaban J connectivity index is 0.000000305. The summed E-state index contributed by atoms with van der Waals surface area (Å²) < 4.78 is 63.0. The molecule has 9 aromatic rings. The molecular weight excluding hydrogens is 2100 g/mol. The normalized spacial score (nSPS) is 17.9. The van der Waals surface area contributed by atoms with Crippen LogP contribution in [0.4, 0.5) is 0 Å². The summed E-state index contributed by atoms with van der Waals surface area (Å²) >= 11 is 18.9. The highest BCUT2D eigenvalue weighted by molar-refractivity contribution is 14.1. The number of carboxylic acids is 2. The topological polar surface area (TPSA) is 282 Å². The molecule has 0 radical (unpaired) electrons. The molecule has 802 valence electrons.